The van der Waals surface area contributed by atoms with Crippen molar-refractivity contribution < 1.29 is 14.3 Å². The summed E-state index contributed by atoms with van der Waals surface area (Å²) in [6.07, 6.45) is 10.3. The molecule has 0 aliphatic carbocycles. The second-order valence-electron chi connectivity index (χ2n) is 8.25. The summed E-state index contributed by atoms with van der Waals surface area (Å²) in [5.41, 5.74) is 3.07. The number of likely N-dealkylation sites (tertiary alicyclic amines) is 1. The van der Waals surface area contributed by atoms with Gasteiger partial charge in [0.2, 0.25) is 0 Å². The zero-order valence-corrected chi connectivity index (χ0v) is 20.5. The Labute approximate surface area is 205 Å². The van der Waals surface area contributed by atoms with E-state index >= 15 is 0 Å². The number of imidazole rings is 1. The van der Waals surface area contributed by atoms with Crippen LogP contribution >= 0.6 is 11.6 Å². The number of terminal acetylenes is 1. The van der Waals surface area contributed by atoms with Gasteiger partial charge in [-0.1, -0.05) is 0 Å². The molecule has 2 aromatic heterocycles. The monoisotopic (exact) mass is 525 g/mol. The molecular formula is C23H21AsClN5O3. The van der Waals surface area contributed by atoms with Gasteiger partial charge in [-0.25, -0.2) is 0 Å². The van der Waals surface area contributed by atoms with Crippen LogP contribution in [0.5, 0.6) is 11.5 Å². The van der Waals surface area contributed by atoms with Gasteiger partial charge >= 0.3 is 205 Å². The molecule has 1 unspecified atom stereocenters. The van der Waals surface area contributed by atoms with Gasteiger partial charge in [0.05, 0.1) is 0 Å². The zero-order chi connectivity index (χ0) is 22.9. The predicted octanol–water partition coefficient (Wildman–Crippen LogP) is 1.83. The van der Waals surface area contributed by atoms with Crippen LogP contribution in [0.25, 0.3) is 11.2 Å². The summed E-state index contributed by atoms with van der Waals surface area (Å²) < 4.78 is 13.8. The van der Waals surface area contributed by atoms with Crippen LogP contribution < -0.4 is 14.0 Å². The molecule has 168 valence electrons. The van der Waals surface area contributed by atoms with E-state index in [0.717, 1.165) is 55.7 Å². The molecule has 1 saturated heterocycles. The van der Waals surface area contributed by atoms with Crippen LogP contribution in [0.1, 0.15) is 36.2 Å². The summed E-state index contributed by atoms with van der Waals surface area (Å²) in [6.45, 7) is 2.50. The van der Waals surface area contributed by atoms with E-state index in [1.165, 1.54) is 0 Å². The van der Waals surface area contributed by atoms with E-state index in [1.54, 1.807) is 0 Å². The quantitative estimate of drug-likeness (QED) is 0.211. The first kappa shape index (κ1) is 22.1. The molecule has 2 aliphatic rings. The van der Waals surface area contributed by atoms with Crippen molar-refractivity contribution in [3.63, 3.8) is 0 Å². The van der Waals surface area contributed by atoms with E-state index in [-0.39, 0.29) is 12.1 Å². The molecule has 0 spiro atoms. The molecule has 2 aliphatic heterocycles. The van der Waals surface area contributed by atoms with Gasteiger partial charge in [-0.05, 0) is 0 Å². The predicted molar refractivity (Wildman–Crippen MR) is 124 cm³/mol. The standard InChI is InChI=1S/C23H21AsClN5O3/c1-2-15-8-17-18(33-13-32-17)9-16(15)10-19-26-20-21(24)27-23(25)28-22(20)30(19)7-5-14-4-3-6-29(11-14)12-31/h1,8-9,12,14H,3-7,10-11,13H2. The molecule has 2 radical (unpaired) electrons. The summed E-state index contributed by atoms with van der Waals surface area (Å²) in [5, 5.41) is 0.183. The van der Waals surface area contributed by atoms with Crippen molar-refractivity contribution in [3.8, 4) is 23.8 Å². The van der Waals surface area contributed by atoms with Gasteiger partial charge in [0, 0.05) is 0 Å². The van der Waals surface area contributed by atoms with Crippen molar-refractivity contribution in [2.24, 2.45) is 5.92 Å². The molecule has 0 N–H and O–H groups in total. The molecule has 10 heteroatoms. The number of amides is 1. The second kappa shape index (κ2) is 9.24. The number of fused-ring (bicyclic) bond motifs is 2. The number of piperidine rings is 1. The van der Waals surface area contributed by atoms with Gasteiger partial charge in [-0.3, -0.25) is 0 Å². The van der Waals surface area contributed by atoms with Crippen molar-refractivity contribution in [1.82, 2.24) is 24.4 Å². The van der Waals surface area contributed by atoms with E-state index in [0.29, 0.717) is 46.0 Å². The molecule has 1 fully saturated rings. The minimum atomic E-state index is 0.183. The molecule has 1 amide bonds. The number of ether oxygens (including phenoxy) is 2. The Bertz CT molecular complexity index is 1270. The van der Waals surface area contributed by atoms with E-state index in [1.807, 2.05) is 17.0 Å². The van der Waals surface area contributed by atoms with Crippen LogP contribution in [0.3, 0.4) is 0 Å². The Balaban J connectivity index is 1.50. The van der Waals surface area contributed by atoms with Crippen LogP contribution in [-0.2, 0) is 17.8 Å². The first-order chi connectivity index (χ1) is 16.1. The van der Waals surface area contributed by atoms with Crippen molar-refractivity contribution in [2.75, 3.05) is 19.9 Å². The first-order valence-corrected chi connectivity index (χ1v) is 12.1. The fourth-order valence-corrected chi connectivity index (χ4v) is 5.36. The Kier molecular flexibility index (Phi) is 6.18. The molecule has 8 nitrogen and oxygen atoms in total. The number of rotatable bonds is 6. The van der Waals surface area contributed by atoms with Gasteiger partial charge in [-0.2, -0.15) is 0 Å². The number of hydrogen-bond acceptors (Lipinski definition) is 6. The molecular weight excluding hydrogens is 505 g/mol. The van der Waals surface area contributed by atoms with Crippen LogP contribution in [0.2, 0.25) is 5.28 Å². The molecule has 1 aromatic carbocycles. The Morgan fingerprint density at radius 1 is 1.27 bits per heavy atom. The maximum absolute atomic E-state index is 11.2. The summed E-state index contributed by atoms with van der Waals surface area (Å²) in [6, 6.07) is 3.76. The van der Waals surface area contributed by atoms with E-state index in [9.17, 15) is 4.79 Å². The molecule has 1 atom stereocenters. The SMILES string of the molecule is C#Cc1cc2c(cc1Cc1nc3c([As])nc(Cl)nc3n1CCC1CCCN(C=O)C1)OCO2. The van der Waals surface area contributed by atoms with Crippen LogP contribution in [0, 0.1) is 18.3 Å². The molecule has 0 saturated carbocycles. The van der Waals surface area contributed by atoms with Gasteiger partial charge in [-0.15, -0.1) is 0 Å². The Hall–Kier alpha value is -2.75. The van der Waals surface area contributed by atoms with E-state index in [4.69, 9.17) is 32.5 Å². The van der Waals surface area contributed by atoms with Crippen molar-refractivity contribution in [1.29, 1.82) is 0 Å². The van der Waals surface area contributed by atoms with E-state index < -0.39 is 0 Å². The Morgan fingerprint density at radius 3 is 2.88 bits per heavy atom. The number of halogens is 1. The van der Waals surface area contributed by atoms with Crippen molar-refractivity contribution in [3.05, 3.63) is 34.4 Å². The average Bonchev–Trinajstić information content (AvgIpc) is 3.41. The van der Waals surface area contributed by atoms with Crippen molar-refractivity contribution >= 4 is 50.5 Å². The minimum absolute atomic E-state index is 0.183. The number of carbonyl (C=O) groups is 1. The van der Waals surface area contributed by atoms with Gasteiger partial charge in [0.15, 0.2) is 0 Å². The number of hydrogen-bond donors (Lipinski definition) is 0. The summed E-state index contributed by atoms with van der Waals surface area (Å²) in [7, 11) is 0. The van der Waals surface area contributed by atoms with Gasteiger partial charge in [0.25, 0.3) is 0 Å². The number of carbonyl (C=O) groups excluding carboxylic acids is 1. The van der Waals surface area contributed by atoms with Crippen molar-refractivity contribution in [2.45, 2.75) is 32.2 Å². The van der Waals surface area contributed by atoms with Crippen LogP contribution in [0.15, 0.2) is 12.1 Å². The summed E-state index contributed by atoms with van der Waals surface area (Å²) in [5.74, 6) is 5.34. The number of nitrogens with zero attached hydrogens (tertiary/aromatic N) is 5. The summed E-state index contributed by atoms with van der Waals surface area (Å²) in [4.78, 5) is 26.7. The van der Waals surface area contributed by atoms with E-state index in [2.05, 4.69) is 37.3 Å². The Morgan fingerprint density at radius 2 is 2.09 bits per heavy atom. The first-order valence-electron chi connectivity index (χ1n) is 10.8. The normalized spacial score (nSPS) is 17.4. The molecule has 3 aromatic rings. The number of benzene rings is 1. The molecule has 0 bridgehead atoms. The average molecular weight is 526 g/mol. The van der Waals surface area contributed by atoms with Gasteiger partial charge < -0.3 is 0 Å². The maximum atomic E-state index is 11.2. The third-order valence-electron chi connectivity index (χ3n) is 6.19. The fraction of sp³-hybridized carbons (Fsp3) is 0.391. The molecule has 4 heterocycles. The number of aryl methyl sites for hydroxylation is 1. The zero-order valence-electron chi connectivity index (χ0n) is 17.8. The molecule has 5 rings (SSSR count). The third-order valence-corrected chi connectivity index (χ3v) is 7.01. The third kappa shape index (κ3) is 4.40. The fourth-order valence-electron chi connectivity index (χ4n) is 4.55. The number of aromatic nitrogens is 4. The van der Waals surface area contributed by atoms with Crippen LogP contribution in [-0.4, -0.2) is 67.6 Å². The summed E-state index contributed by atoms with van der Waals surface area (Å²) >= 11 is 8.60. The van der Waals surface area contributed by atoms with Gasteiger partial charge in [0.1, 0.15) is 0 Å². The van der Waals surface area contributed by atoms with Crippen LogP contribution in [0.4, 0.5) is 0 Å². The topological polar surface area (TPSA) is 82.4 Å². The second-order valence-corrected chi connectivity index (χ2v) is 9.48. The molecule has 33 heavy (non-hydrogen) atoms.